The van der Waals surface area contributed by atoms with Gasteiger partial charge in [0.15, 0.2) is 0 Å². The van der Waals surface area contributed by atoms with Crippen LogP contribution in [0.25, 0.3) is 0 Å². The lowest BCUT2D eigenvalue weighted by Gasteiger charge is -2.23. The summed E-state index contributed by atoms with van der Waals surface area (Å²) in [5, 5.41) is 0. The molecule has 4 nitrogen and oxygen atoms in total. The van der Waals surface area contributed by atoms with Gasteiger partial charge in [0.1, 0.15) is 6.04 Å². The highest BCUT2D eigenvalue weighted by atomic mass is 35.5. The lowest BCUT2D eigenvalue weighted by Crippen LogP contribution is -2.34. The number of halogens is 3. The number of rotatable bonds is 9. The summed E-state index contributed by atoms with van der Waals surface area (Å²) in [5.41, 5.74) is 7.86. The molecule has 1 aromatic carbocycles. The summed E-state index contributed by atoms with van der Waals surface area (Å²) < 4.78 is 4.90. The van der Waals surface area contributed by atoms with Gasteiger partial charge in [0, 0.05) is 30.5 Å². The molecule has 0 saturated carbocycles. The maximum absolute atomic E-state index is 11.5. The van der Waals surface area contributed by atoms with Crippen LogP contribution in [0.2, 0.25) is 0 Å². The monoisotopic (exact) mass is 368 g/mol. The van der Waals surface area contributed by atoms with Crippen LogP contribution >= 0.6 is 35.6 Å². The van der Waals surface area contributed by atoms with Crippen molar-refractivity contribution >= 4 is 47.3 Å². The zero-order valence-electron chi connectivity index (χ0n) is 12.6. The minimum Gasteiger partial charge on any atom is -0.465 e. The van der Waals surface area contributed by atoms with Gasteiger partial charge in [-0.1, -0.05) is 12.1 Å². The van der Waals surface area contributed by atoms with Crippen molar-refractivity contribution in [2.24, 2.45) is 5.73 Å². The summed E-state index contributed by atoms with van der Waals surface area (Å²) in [6, 6.07) is 7.28. The Morgan fingerprint density at radius 2 is 1.77 bits per heavy atom. The first-order valence-corrected chi connectivity index (χ1v) is 8.07. The first-order valence-electron chi connectivity index (χ1n) is 7.00. The highest BCUT2D eigenvalue weighted by molar-refractivity contribution is 6.18. The molecule has 22 heavy (non-hydrogen) atoms. The molecule has 1 atom stereocenters. The molecular formula is C15H23Cl3N2O2. The van der Waals surface area contributed by atoms with Crippen LogP contribution in [0.1, 0.15) is 12.5 Å². The lowest BCUT2D eigenvalue weighted by molar-refractivity contribution is -0.144. The van der Waals surface area contributed by atoms with E-state index >= 15 is 0 Å². The second-order valence-corrected chi connectivity index (χ2v) is 5.35. The molecule has 0 radical (unpaired) electrons. The molecule has 0 amide bonds. The first-order chi connectivity index (χ1) is 10.1. The molecule has 1 rings (SSSR count). The van der Waals surface area contributed by atoms with Crippen molar-refractivity contribution in [1.82, 2.24) is 0 Å². The maximum Gasteiger partial charge on any atom is 0.323 e. The summed E-state index contributed by atoms with van der Waals surface area (Å²) in [7, 11) is 0. The summed E-state index contributed by atoms with van der Waals surface area (Å²) >= 11 is 11.6. The Morgan fingerprint density at radius 1 is 1.23 bits per heavy atom. The Balaban J connectivity index is 0.00000441. The van der Waals surface area contributed by atoms with Gasteiger partial charge in [-0.15, -0.1) is 35.6 Å². The van der Waals surface area contributed by atoms with E-state index in [0.717, 1.165) is 24.3 Å². The average Bonchev–Trinajstić information content (AvgIpc) is 2.48. The van der Waals surface area contributed by atoms with Gasteiger partial charge in [-0.3, -0.25) is 4.79 Å². The predicted octanol–water partition coefficient (Wildman–Crippen LogP) is 2.83. The third kappa shape index (κ3) is 7.05. The average molecular weight is 370 g/mol. The van der Waals surface area contributed by atoms with Crippen LogP contribution in [0, 0.1) is 0 Å². The zero-order chi connectivity index (χ0) is 15.7. The SMILES string of the molecule is CCOC(=O)C(N)Cc1ccc(N(CCCl)CCCl)cc1.Cl. The van der Waals surface area contributed by atoms with Crippen molar-refractivity contribution in [3.63, 3.8) is 0 Å². The van der Waals surface area contributed by atoms with Crippen LogP contribution in [0.4, 0.5) is 5.69 Å². The lowest BCUT2D eigenvalue weighted by atomic mass is 10.1. The highest BCUT2D eigenvalue weighted by Crippen LogP contribution is 2.16. The molecule has 1 unspecified atom stereocenters. The van der Waals surface area contributed by atoms with Gasteiger partial charge in [-0.05, 0) is 31.0 Å². The predicted molar refractivity (Wildman–Crippen MR) is 95.7 cm³/mol. The first kappa shape index (κ1) is 21.3. The molecule has 0 spiro atoms. The van der Waals surface area contributed by atoms with E-state index < -0.39 is 6.04 Å². The fraction of sp³-hybridized carbons (Fsp3) is 0.533. The number of nitrogens with zero attached hydrogens (tertiary/aromatic N) is 1. The number of hydrogen-bond donors (Lipinski definition) is 1. The smallest absolute Gasteiger partial charge is 0.323 e. The second-order valence-electron chi connectivity index (χ2n) is 4.59. The fourth-order valence-electron chi connectivity index (χ4n) is 2.00. The Kier molecular flexibility index (Phi) is 11.5. The molecule has 0 aliphatic rings. The van der Waals surface area contributed by atoms with Gasteiger partial charge >= 0.3 is 5.97 Å². The van der Waals surface area contributed by atoms with E-state index in [4.69, 9.17) is 33.7 Å². The van der Waals surface area contributed by atoms with Crippen molar-refractivity contribution in [3.05, 3.63) is 29.8 Å². The van der Waals surface area contributed by atoms with Crippen LogP contribution in [-0.2, 0) is 16.0 Å². The summed E-state index contributed by atoms with van der Waals surface area (Å²) in [5.74, 6) is 0.728. The topological polar surface area (TPSA) is 55.6 Å². The van der Waals surface area contributed by atoms with E-state index in [2.05, 4.69) is 4.90 Å². The number of hydrogen-bond acceptors (Lipinski definition) is 4. The zero-order valence-corrected chi connectivity index (χ0v) is 15.0. The molecule has 0 bridgehead atoms. The highest BCUT2D eigenvalue weighted by Gasteiger charge is 2.15. The van der Waals surface area contributed by atoms with Crippen molar-refractivity contribution < 1.29 is 9.53 Å². The van der Waals surface area contributed by atoms with Gasteiger partial charge in [-0.25, -0.2) is 0 Å². The molecule has 0 aliphatic heterocycles. The van der Waals surface area contributed by atoms with E-state index in [1.54, 1.807) is 6.92 Å². The van der Waals surface area contributed by atoms with Gasteiger partial charge in [-0.2, -0.15) is 0 Å². The molecule has 2 N–H and O–H groups in total. The van der Waals surface area contributed by atoms with Crippen LogP contribution in [0.3, 0.4) is 0 Å². The van der Waals surface area contributed by atoms with Crippen molar-refractivity contribution in [2.75, 3.05) is 36.4 Å². The van der Waals surface area contributed by atoms with Gasteiger partial charge in [0.05, 0.1) is 6.61 Å². The molecule has 0 saturated heterocycles. The number of carbonyl (C=O) groups excluding carboxylic acids is 1. The molecule has 1 aromatic rings. The maximum atomic E-state index is 11.5. The normalized spacial score (nSPS) is 11.5. The van der Waals surface area contributed by atoms with Crippen LogP contribution in [-0.4, -0.2) is 43.5 Å². The molecule has 7 heteroatoms. The van der Waals surface area contributed by atoms with Crippen LogP contribution in [0.15, 0.2) is 24.3 Å². The number of esters is 1. The Morgan fingerprint density at radius 3 is 2.23 bits per heavy atom. The van der Waals surface area contributed by atoms with Crippen LogP contribution in [0.5, 0.6) is 0 Å². The number of alkyl halides is 2. The molecule has 0 aromatic heterocycles. The van der Waals surface area contributed by atoms with Crippen LogP contribution < -0.4 is 10.6 Å². The quantitative estimate of drug-likeness (QED) is 0.537. The molecule has 0 heterocycles. The largest absolute Gasteiger partial charge is 0.465 e. The number of carbonyl (C=O) groups is 1. The third-order valence-corrected chi connectivity index (χ3v) is 3.39. The molecule has 0 fully saturated rings. The second kappa shape index (κ2) is 11.8. The van der Waals surface area contributed by atoms with Gasteiger partial charge < -0.3 is 15.4 Å². The van der Waals surface area contributed by atoms with Crippen molar-refractivity contribution in [1.29, 1.82) is 0 Å². The van der Waals surface area contributed by atoms with E-state index in [1.165, 1.54) is 0 Å². The summed E-state index contributed by atoms with van der Waals surface area (Å²) in [4.78, 5) is 13.6. The van der Waals surface area contributed by atoms with E-state index in [0.29, 0.717) is 24.8 Å². The Bertz CT molecular complexity index is 423. The Labute approximate surface area is 148 Å². The Hall–Kier alpha value is -0.680. The van der Waals surface area contributed by atoms with Crippen molar-refractivity contribution in [3.8, 4) is 0 Å². The number of anilines is 1. The standard InChI is InChI=1S/C15H22Cl2N2O2.ClH/c1-2-21-15(20)14(18)11-12-3-5-13(6-4-12)19(9-7-16)10-8-17;/h3-6,14H,2,7-11,18H2,1H3;1H. The summed E-state index contributed by atoms with van der Waals surface area (Å²) in [6.07, 6.45) is 0.462. The van der Waals surface area contributed by atoms with E-state index in [1.807, 2.05) is 24.3 Å². The minimum atomic E-state index is -0.627. The van der Waals surface area contributed by atoms with Gasteiger partial charge in [0.25, 0.3) is 0 Å². The van der Waals surface area contributed by atoms with Crippen molar-refractivity contribution in [2.45, 2.75) is 19.4 Å². The number of nitrogens with two attached hydrogens (primary N) is 1. The third-order valence-electron chi connectivity index (χ3n) is 3.06. The minimum absolute atomic E-state index is 0. The molecular weight excluding hydrogens is 347 g/mol. The van der Waals surface area contributed by atoms with Gasteiger partial charge in [0.2, 0.25) is 0 Å². The fourth-order valence-corrected chi connectivity index (χ4v) is 2.41. The molecule has 126 valence electrons. The summed E-state index contributed by atoms with van der Waals surface area (Å²) in [6.45, 7) is 3.60. The number of ether oxygens (including phenoxy) is 1. The van der Waals surface area contributed by atoms with E-state index in [9.17, 15) is 4.79 Å². The molecule has 0 aliphatic carbocycles. The van der Waals surface area contributed by atoms with E-state index in [-0.39, 0.29) is 18.4 Å². The number of benzene rings is 1.